The summed E-state index contributed by atoms with van der Waals surface area (Å²) in [4.78, 5) is 12.1. The molecule has 7 nitrogen and oxygen atoms in total. The molecule has 19 heavy (non-hydrogen) atoms. The highest BCUT2D eigenvalue weighted by molar-refractivity contribution is 5.27. The van der Waals surface area contributed by atoms with E-state index in [2.05, 4.69) is 20.3 Å². The molecule has 1 saturated carbocycles. The third-order valence-electron chi connectivity index (χ3n) is 3.26. The number of rotatable bonds is 5. The second kappa shape index (κ2) is 6.51. The summed E-state index contributed by atoms with van der Waals surface area (Å²) >= 11 is 0. The van der Waals surface area contributed by atoms with Crippen molar-refractivity contribution in [2.24, 2.45) is 5.92 Å². The standard InChI is InChI=1S/C12H20N4O3/c1-18-11-14-10(15-12(16-11)19-2)13-7-8-4-3-5-9(17)6-8/h8-9,17H,3-7H2,1-2H3,(H,13,14,15,16). The molecule has 2 unspecified atom stereocenters. The van der Waals surface area contributed by atoms with Crippen molar-refractivity contribution in [3.63, 3.8) is 0 Å². The summed E-state index contributed by atoms with van der Waals surface area (Å²) in [5, 5.41) is 12.8. The predicted molar refractivity (Wildman–Crippen MR) is 69.4 cm³/mol. The highest BCUT2D eigenvalue weighted by atomic mass is 16.5. The van der Waals surface area contributed by atoms with Crippen LogP contribution < -0.4 is 14.8 Å². The van der Waals surface area contributed by atoms with Gasteiger partial charge in [-0.1, -0.05) is 6.42 Å². The Balaban J connectivity index is 1.94. The van der Waals surface area contributed by atoms with Gasteiger partial charge in [-0.25, -0.2) is 0 Å². The van der Waals surface area contributed by atoms with Crippen LogP contribution >= 0.6 is 0 Å². The molecule has 0 saturated heterocycles. The van der Waals surface area contributed by atoms with Crippen LogP contribution in [0.4, 0.5) is 5.95 Å². The molecule has 2 rings (SSSR count). The Morgan fingerprint density at radius 3 is 2.42 bits per heavy atom. The summed E-state index contributed by atoms with van der Waals surface area (Å²) in [6.45, 7) is 0.730. The van der Waals surface area contributed by atoms with Crippen molar-refractivity contribution in [1.29, 1.82) is 0 Å². The van der Waals surface area contributed by atoms with E-state index in [1.807, 2.05) is 0 Å². The first kappa shape index (κ1) is 13.8. The molecule has 1 fully saturated rings. The quantitative estimate of drug-likeness (QED) is 0.818. The van der Waals surface area contributed by atoms with Gasteiger partial charge in [0.05, 0.1) is 20.3 Å². The summed E-state index contributed by atoms with van der Waals surface area (Å²) in [6, 6.07) is 0.441. The highest BCUT2D eigenvalue weighted by Crippen LogP contribution is 2.24. The largest absolute Gasteiger partial charge is 0.467 e. The van der Waals surface area contributed by atoms with Crippen LogP contribution in [0.5, 0.6) is 12.0 Å². The molecule has 2 N–H and O–H groups in total. The minimum atomic E-state index is -0.178. The summed E-state index contributed by atoms with van der Waals surface area (Å²) in [7, 11) is 2.99. The van der Waals surface area contributed by atoms with Gasteiger partial charge in [-0.3, -0.25) is 0 Å². The van der Waals surface area contributed by atoms with Gasteiger partial charge >= 0.3 is 12.0 Å². The number of ether oxygens (including phenoxy) is 2. The number of nitrogens with one attached hydrogen (secondary N) is 1. The first-order chi connectivity index (χ1) is 9.21. The fourth-order valence-electron chi connectivity index (χ4n) is 2.28. The molecule has 0 aliphatic heterocycles. The van der Waals surface area contributed by atoms with Crippen LogP contribution in [0.3, 0.4) is 0 Å². The van der Waals surface area contributed by atoms with E-state index in [1.165, 1.54) is 14.2 Å². The average molecular weight is 268 g/mol. The number of hydrogen-bond donors (Lipinski definition) is 2. The van der Waals surface area contributed by atoms with Crippen molar-refractivity contribution in [2.45, 2.75) is 31.8 Å². The number of aliphatic hydroxyl groups is 1. The normalized spacial score (nSPS) is 22.9. The molecule has 1 aliphatic rings. The summed E-state index contributed by atoms with van der Waals surface area (Å²) in [5.74, 6) is 0.876. The molecule has 0 aromatic carbocycles. The maximum atomic E-state index is 9.63. The van der Waals surface area contributed by atoms with E-state index in [0.717, 1.165) is 32.2 Å². The van der Waals surface area contributed by atoms with Crippen LogP contribution in [-0.2, 0) is 0 Å². The van der Waals surface area contributed by atoms with Crippen LogP contribution in [0.1, 0.15) is 25.7 Å². The van der Waals surface area contributed by atoms with Gasteiger partial charge in [0.1, 0.15) is 0 Å². The number of methoxy groups -OCH3 is 2. The second-order valence-electron chi connectivity index (χ2n) is 4.70. The number of aliphatic hydroxyl groups excluding tert-OH is 1. The second-order valence-corrected chi connectivity index (χ2v) is 4.70. The van der Waals surface area contributed by atoms with Gasteiger partial charge in [0, 0.05) is 6.54 Å². The Morgan fingerprint density at radius 1 is 1.16 bits per heavy atom. The Bertz CT molecular complexity index is 394. The minimum absolute atomic E-state index is 0.178. The van der Waals surface area contributed by atoms with Gasteiger partial charge in [-0.05, 0) is 25.2 Å². The maximum absolute atomic E-state index is 9.63. The topological polar surface area (TPSA) is 89.4 Å². The lowest BCUT2D eigenvalue weighted by Gasteiger charge is -2.25. The van der Waals surface area contributed by atoms with Gasteiger partial charge in [0.2, 0.25) is 5.95 Å². The van der Waals surface area contributed by atoms with Crippen LogP contribution in [0.2, 0.25) is 0 Å². The Hall–Kier alpha value is -1.63. The van der Waals surface area contributed by atoms with Gasteiger partial charge in [-0.15, -0.1) is 4.98 Å². The van der Waals surface area contributed by atoms with Crippen molar-refractivity contribution in [3.05, 3.63) is 0 Å². The molecular formula is C12H20N4O3. The molecule has 1 aromatic rings. The molecule has 0 bridgehead atoms. The van der Waals surface area contributed by atoms with E-state index in [1.54, 1.807) is 0 Å². The third-order valence-corrected chi connectivity index (χ3v) is 3.26. The van der Waals surface area contributed by atoms with Crippen molar-refractivity contribution >= 4 is 5.95 Å². The van der Waals surface area contributed by atoms with Gasteiger partial charge < -0.3 is 19.9 Å². The molecule has 1 aliphatic carbocycles. The first-order valence-electron chi connectivity index (χ1n) is 6.47. The van der Waals surface area contributed by atoms with E-state index in [-0.39, 0.29) is 18.1 Å². The molecule has 0 amide bonds. The predicted octanol–water partition coefficient (Wildman–Crippen LogP) is 0.852. The lowest BCUT2D eigenvalue weighted by Crippen LogP contribution is -2.25. The van der Waals surface area contributed by atoms with E-state index >= 15 is 0 Å². The summed E-state index contributed by atoms with van der Waals surface area (Å²) in [6.07, 6.45) is 3.74. The van der Waals surface area contributed by atoms with E-state index in [0.29, 0.717) is 11.9 Å². The van der Waals surface area contributed by atoms with Crippen molar-refractivity contribution in [1.82, 2.24) is 15.0 Å². The SMILES string of the molecule is COc1nc(NCC2CCCC(O)C2)nc(OC)n1. The Kier molecular flexibility index (Phi) is 4.73. The van der Waals surface area contributed by atoms with Crippen molar-refractivity contribution < 1.29 is 14.6 Å². The molecule has 1 heterocycles. The lowest BCUT2D eigenvalue weighted by molar-refractivity contribution is 0.104. The van der Waals surface area contributed by atoms with E-state index in [4.69, 9.17) is 9.47 Å². The minimum Gasteiger partial charge on any atom is -0.467 e. The monoisotopic (exact) mass is 268 g/mol. The van der Waals surface area contributed by atoms with Crippen molar-refractivity contribution in [2.75, 3.05) is 26.1 Å². The number of anilines is 1. The zero-order valence-corrected chi connectivity index (χ0v) is 11.3. The smallest absolute Gasteiger partial charge is 0.324 e. The summed E-state index contributed by atoms with van der Waals surface area (Å²) < 4.78 is 9.97. The summed E-state index contributed by atoms with van der Waals surface area (Å²) in [5.41, 5.74) is 0. The average Bonchev–Trinajstić information content (AvgIpc) is 2.44. The molecule has 1 aromatic heterocycles. The maximum Gasteiger partial charge on any atom is 0.324 e. The Morgan fingerprint density at radius 2 is 1.84 bits per heavy atom. The third kappa shape index (κ3) is 3.92. The van der Waals surface area contributed by atoms with Crippen LogP contribution in [0, 0.1) is 5.92 Å². The van der Waals surface area contributed by atoms with E-state index in [9.17, 15) is 5.11 Å². The van der Waals surface area contributed by atoms with Gasteiger partial charge in [-0.2, -0.15) is 9.97 Å². The van der Waals surface area contributed by atoms with Crippen LogP contribution in [0.15, 0.2) is 0 Å². The van der Waals surface area contributed by atoms with Crippen LogP contribution in [-0.4, -0.2) is 46.9 Å². The first-order valence-corrected chi connectivity index (χ1v) is 6.47. The zero-order valence-electron chi connectivity index (χ0n) is 11.3. The lowest BCUT2D eigenvalue weighted by atomic mass is 9.87. The van der Waals surface area contributed by atoms with Gasteiger partial charge in [0.15, 0.2) is 0 Å². The Labute approximate surface area is 112 Å². The molecular weight excluding hydrogens is 248 g/mol. The molecule has 106 valence electrons. The fourth-order valence-corrected chi connectivity index (χ4v) is 2.28. The zero-order chi connectivity index (χ0) is 13.7. The molecule has 7 heteroatoms. The number of aromatic nitrogens is 3. The number of hydrogen-bond acceptors (Lipinski definition) is 7. The van der Waals surface area contributed by atoms with E-state index < -0.39 is 0 Å². The highest BCUT2D eigenvalue weighted by Gasteiger charge is 2.20. The molecule has 0 spiro atoms. The number of nitrogens with zero attached hydrogens (tertiary/aromatic N) is 3. The fraction of sp³-hybridized carbons (Fsp3) is 0.750. The molecule has 0 radical (unpaired) electrons. The molecule has 2 atom stereocenters. The van der Waals surface area contributed by atoms with Gasteiger partial charge in [0.25, 0.3) is 0 Å². The van der Waals surface area contributed by atoms with Crippen LogP contribution in [0.25, 0.3) is 0 Å². The van der Waals surface area contributed by atoms with Crippen molar-refractivity contribution in [3.8, 4) is 12.0 Å².